The minimum Gasteiger partial charge on any atom is -0.497 e. The van der Waals surface area contributed by atoms with E-state index >= 15 is 0 Å². The van der Waals surface area contributed by atoms with Crippen LogP contribution >= 0.6 is 23.4 Å². The number of rotatable bonds is 5. The predicted molar refractivity (Wildman–Crippen MR) is 111 cm³/mol. The van der Waals surface area contributed by atoms with Crippen molar-refractivity contribution in [1.82, 2.24) is 5.32 Å². The zero-order chi connectivity index (χ0) is 19.4. The van der Waals surface area contributed by atoms with Gasteiger partial charge in [0.15, 0.2) is 5.17 Å². The molecule has 1 aliphatic rings. The molecule has 0 atom stereocenters. The second-order valence-corrected chi connectivity index (χ2v) is 7.47. The van der Waals surface area contributed by atoms with Crippen LogP contribution in [0, 0.1) is 0 Å². The smallest absolute Gasteiger partial charge is 0.264 e. The number of ether oxygens (including phenoxy) is 2. The Bertz CT molecular complexity index is 908. The van der Waals surface area contributed by atoms with Crippen molar-refractivity contribution in [2.24, 2.45) is 4.99 Å². The highest BCUT2D eigenvalue weighted by Crippen LogP contribution is 2.31. The quantitative estimate of drug-likeness (QED) is 0.713. The molecule has 2 aromatic rings. The molecule has 1 amide bonds. The number of aliphatic imine (C=N–C) groups is 1. The zero-order valence-corrected chi connectivity index (χ0v) is 16.7. The van der Waals surface area contributed by atoms with Gasteiger partial charge in [-0.3, -0.25) is 4.79 Å². The first kappa shape index (κ1) is 19.3. The van der Waals surface area contributed by atoms with Crippen LogP contribution in [0.2, 0.25) is 5.02 Å². The van der Waals surface area contributed by atoms with Crippen molar-refractivity contribution in [1.29, 1.82) is 0 Å². The van der Waals surface area contributed by atoms with Crippen molar-refractivity contribution in [3.63, 3.8) is 0 Å². The number of benzene rings is 2. The molecule has 1 heterocycles. The average molecular weight is 403 g/mol. The van der Waals surface area contributed by atoms with Gasteiger partial charge in [-0.2, -0.15) is 0 Å². The number of methoxy groups -OCH3 is 1. The molecule has 27 heavy (non-hydrogen) atoms. The van der Waals surface area contributed by atoms with E-state index in [1.165, 1.54) is 11.8 Å². The van der Waals surface area contributed by atoms with Gasteiger partial charge in [-0.05, 0) is 73.6 Å². The maximum atomic E-state index is 12.2. The van der Waals surface area contributed by atoms with Gasteiger partial charge in [-0.25, -0.2) is 4.99 Å². The minimum atomic E-state index is -0.189. The Morgan fingerprint density at radius 2 is 1.93 bits per heavy atom. The van der Waals surface area contributed by atoms with Crippen molar-refractivity contribution < 1.29 is 14.3 Å². The van der Waals surface area contributed by atoms with E-state index in [0.29, 0.717) is 20.8 Å². The molecule has 0 aromatic heterocycles. The number of amides is 1. The van der Waals surface area contributed by atoms with Crippen molar-refractivity contribution >= 4 is 46.2 Å². The fourth-order valence-electron chi connectivity index (χ4n) is 2.36. The summed E-state index contributed by atoms with van der Waals surface area (Å²) in [5, 5.41) is 3.81. The molecule has 0 spiro atoms. The molecule has 1 saturated heterocycles. The summed E-state index contributed by atoms with van der Waals surface area (Å²) in [5.41, 5.74) is 1.55. The van der Waals surface area contributed by atoms with Crippen molar-refractivity contribution in [3.8, 4) is 11.5 Å². The molecular formula is C20H19ClN2O3S. The monoisotopic (exact) mass is 402 g/mol. The topological polar surface area (TPSA) is 59.9 Å². The first-order valence-corrected chi connectivity index (χ1v) is 9.54. The van der Waals surface area contributed by atoms with Crippen LogP contribution in [-0.2, 0) is 4.79 Å². The normalized spacial score (nSPS) is 16.9. The van der Waals surface area contributed by atoms with E-state index in [-0.39, 0.29) is 12.0 Å². The van der Waals surface area contributed by atoms with Gasteiger partial charge in [0.25, 0.3) is 5.91 Å². The minimum absolute atomic E-state index is 0.0413. The Labute approximate surface area is 167 Å². The standard InChI is InChI=1S/C20H19ClN2O3S/c1-12(2)26-17-9-4-13(10-16(17)21)11-18-19(24)23-20(27-18)22-14-5-7-15(25-3)8-6-14/h4-12H,1-3H3,(H,22,23,24)/b18-11+. The first-order valence-electron chi connectivity index (χ1n) is 8.34. The highest BCUT2D eigenvalue weighted by atomic mass is 35.5. The molecule has 0 bridgehead atoms. The summed E-state index contributed by atoms with van der Waals surface area (Å²) in [4.78, 5) is 17.2. The predicted octanol–water partition coefficient (Wildman–Crippen LogP) is 5.03. The van der Waals surface area contributed by atoms with E-state index in [1.54, 1.807) is 25.3 Å². The molecule has 1 aliphatic heterocycles. The lowest BCUT2D eigenvalue weighted by atomic mass is 10.2. The molecule has 3 rings (SSSR count). The molecule has 0 aliphatic carbocycles. The highest BCUT2D eigenvalue weighted by molar-refractivity contribution is 8.18. The number of hydrogen-bond acceptors (Lipinski definition) is 5. The number of halogens is 1. The molecule has 0 unspecified atom stereocenters. The average Bonchev–Trinajstić information content (AvgIpc) is 2.97. The molecule has 0 radical (unpaired) electrons. The van der Waals surface area contributed by atoms with Crippen LogP contribution in [0.1, 0.15) is 19.4 Å². The van der Waals surface area contributed by atoms with E-state index in [2.05, 4.69) is 10.3 Å². The Kier molecular flexibility index (Phi) is 6.08. The highest BCUT2D eigenvalue weighted by Gasteiger charge is 2.23. The van der Waals surface area contributed by atoms with Gasteiger partial charge in [0.1, 0.15) is 11.5 Å². The van der Waals surface area contributed by atoms with Crippen LogP contribution in [0.15, 0.2) is 52.4 Å². The summed E-state index contributed by atoms with van der Waals surface area (Å²) in [6, 6.07) is 12.7. The number of hydrogen-bond donors (Lipinski definition) is 1. The largest absolute Gasteiger partial charge is 0.497 e. The van der Waals surface area contributed by atoms with Gasteiger partial charge in [-0.15, -0.1) is 0 Å². The van der Waals surface area contributed by atoms with Gasteiger partial charge in [0, 0.05) is 0 Å². The molecule has 1 N–H and O–H groups in total. The summed E-state index contributed by atoms with van der Waals surface area (Å²) >= 11 is 7.54. The molecule has 0 saturated carbocycles. The molecule has 5 nitrogen and oxygen atoms in total. The number of thioether (sulfide) groups is 1. The Morgan fingerprint density at radius 1 is 1.19 bits per heavy atom. The van der Waals surface area contributed by atoms with E-state index < -0.39 is 0 Å². The number of nitrogens with zero attached hydrogens (tertiary/aromatic N) is 1. The Hall–Kier alpha value is -2.44. The summed E-state index contributed by atoms with van der Waals surface area (Å²) in [6.45, 7) is 3.88. The molecular weight excluding hydrogens is 384 g/mol. The van der Waals surface area contributed by atoms with Crippen LogP contribution < -0.4 is 14.8 Å². The number of nitrogens with one attached hydrogen (secondary N) is 1. The SMILES string of the molecule is COc1ccc(N=C2NC(=O)/C(=C\c3ccc(OC(C)C)c(Cl)c3)S2)cc1. The fourth-order valence-corrected chi connectivity index (χ4v) is 3.44. The molecule has 2 aromatic carbocycles. The van der Waals surface area contributed by atoms with Gasteiger partial charge < -0.3 is 14.8 Å². The van der Waals surface area contributed by atoms with E-state index in [0.717, 1.165) is 17.0 Å². The Balaban J connectivity index is 1.76. The first-order chi connectivity index (χ1) is 12.9. The van der Waals surface area contributed by atoms with Crippen molar-refractivity contribution in [2.75, 3.05) is 7.11 Å². The summed E-state index contributed by atoms with van der Waals surface area (Å²) in [6.07, 6.45) is 1.82. The lowest BCUT2D eigenvalue weighted by molar-refractivity contribution is -0.115. The van der Waals surface area contributed by atoms with Crippen LogP contribution in [0.25, 0.3) is 6.08 Å². The number of carbonyl (C=O) groups is 1. The Morgan fingerprint density at radius 3 is 2.56 bits per heavy atom. The maximum Gasteiger partial charge on any atom is 0.264 e. The van der Waals surface area contributed by atoms with Crippen LogP contribution in [-0.4, -0.2) is 24.3 Å². The van der Waals surface area contributed by atoms with Gasteiger partial charge in [0.05, 0.1) is 28.8 Å². The summed E-state index contributed by atoms with van der Waals surface area (Å²) < 4.78 is 10.8. The van der Waals surface area contributed by atoms with E-state index in [1.807, 2.05) is 44.2 Å². The lowest BCUT2D eigenvalue weighted by Crippen LogP contribution is -2.19. The summed E-state index contributed by atoms with van der Waals surface area (Å²) in [5.74, 6) is 1.19. The van der Waals surface area contributed by atoms with Crippen molar-refractivity contribution in [3.05, 3.63) is 58.0 Å². The van der Waals surface area contributed by atoms with E-state index in [4.69, 9.17) is 21.1 Å². The lowest BCUT2D eigenvalue weighted by Gasteiger charge is -2.11. The third kappa shape index (κ3) is 5.05. The fraction of sp³-hybridized carbons (Fsp3) is 0.200. The second-order valence-electron chi connectivity index (χ2n) is 6.04. The second kappa shape index (κ2) is 8.50. The third-order valence-corrected chi connectivity index (χ3v) is 4.78. The number of amidine groups is 1. The van der Waals surface area contributed by atoms with Gasteiger partial charge in [-0.1, -0.05) is 17.7 Å². The van der Waals surface area contributed by atoms with Crippen LogP contribution in [0.4, 0.5) is 5.69 Å². The van der Waals surface area contributed by atoms with Gasteiger partial charge >= 0.3 is 0 Å². The molecule has 140 valence electrons. The third-order valence-electron chi connectivity index (χ3n) is 3.57. The van der Waals surface area contributed by atoms with Crippen LogP contribution in [0.3, 0.4) is 0 Å². The number of carbonyl (C=O) groups excluding carboxylic acids is 1. The van der Waals surface area contributed by atoms with Crippen LogP contribution in [0.5, 0.6) is 11.5 Å². The molecule has 1 fully saturated rings. The van der Waals surface area contributed by atoms with Gasteiger partial charge in [0.2, 0.25) is 0 Å². The van der Waals surface area contributed by atoms with E-state index in [9.17, 15) is 4.79 Å². The summed E-state index contributed by atoms with van der Waals surface area (Å²) in [7, 11) is 1.61. The van der Waals surface area contributed by atoms with Crippen molar-refractivity contribution in [2.45, 2.75) is 20.0 Å². The zero-order valence-electron chi connectivity index (χ0n) is 15.2. The molecule has 7 heteroatoms. The maximum absolute atomic E-state index is 12.2.